The van der Waals surface area contributed by atoms with E-state index in [4.69, 9.17) is 0 Å². The lowest BCUT2D eigenvalue weighted by atomic mass is 9.87. The molecule has 1 aliphatic carbocycles. The number of hydrogen-bond acceptors (Lipinski definition) is 3. The lowest BCUT2D eigenvalue weighted by Crippen LogP contribution is -2.45. The van der Waals surface area contributed by atoms with Crippen molar-refractivity contribution in [1.29, 1.82) is 0 Å². The van der Waals surface area contributed by atoms with Gasteiger partial charge in [0, 0.05) is 6.04 Å². The summed E-state index contributed by atoms with van der Waals surface area (Å²) < 4.78 is 26.7. The van der Waals surface area contributed by atoms with Crippen molar-refractivity contribution in [3.05, 3.63) is 29.8 Å². The molecule has 6 heteroatoms. The fraction of sp³-hybridized carbons (Fsp3) is 0.611. The molecule has 2 rings (SSSR count). The first-order valence-corrected chi connectivity index (χ1v) is 10.2. The maximum atomic E-state index is 12.3. The average molecular weight is 353 g/mol. The van der Waals surface area contributed by atoms with E-state index in [1.165, 1.54) is 0 Å². The molecule has 1 saturated carbocycles. The molecule has 0 unspecified atom stereocenters. The molecule has 0 saturated heterocycles. The Morgan fingerprint density at radius 3 is 2.25 bits per heavy atom. The van der Waals surface area contributed by atoms with E-state index in [1.807, 2.05) is 0 Å². The fourth-order valence-electron chi connectivity index (χ4n) is 3.08. The highest BCUT2D eigenvalue weighted by Gasteiger charge is 2.22. The smallest absolute Gasteiger partial charge is 0.328 e. The summed E-state index contributed by atoms with van der Waals surface area (Å²) in [6.45, 7) is 6.43. The quantitative estimate of drug-likeness (QED) is 0.852. The highest BCUT2D eigenvalue weighted by atomic mass is 32.2. The summed E-state index contributed by atoms with van der Waals surface area (Å²) in [5.74, 6) is 1.19. The molecule has 0 spiro atoms. The second-order valence-electron chi connectivity index (χ2n) is 7.28. The van der Waals surface area contributed by atoms with E-state index < -0.39 is 16.1 Å². The van der Waals surface area contributed by atoms with Crippen LogP contribution in [0.5, 0.6) is 0 Å². The van der Waals surface area contributed by atoms with E-state index in [0.29, 0.717) is 11.8 Å². The first kappa shape index (κ1) is 18.8. The Hall–Kier alpha value is -1.56. The van der Waals surface area contributed by atoms with Crippen molar-refractivity contribution in [1.82, 2.24) is 10.0 Å². The van der Waals surface area contributed by atoms with Crippen molar-refractivity contribution >= 4 is 16.1 Å². The molecule has 1 fully saturated rings. The number of benzene rings is 1. The number of rotatable bonds is 5. The van der Waals surface area contributed by atoms with Gasteiger partial charge in [0.25, 0.3) is 10.0 Å². The van der Waals surface area contributed by atoms with E-state index in [1.54, 1.807) is 24.3 Å². The molecule has 2 N–H and O–H groups in total. The number of amides is 2. The lowest BCUT2D eigenvalue weighted by Gasteiger charge is -2.26. The zero-order chi connectivity index (χ0) is 17.7. The van der Waals surface area contributed by atoms with Crippen LogP contribution in [0.2, 0.25) is 0 Å². The molecule has 0 heterocycles. The van der Waals surface area contributed by atoms with Crippen LogP contribution in [0.3, 0.4) is 0 Å². The molecule has 1 aromatic carbocycles. The Morgan fingerprint density at radius 2 is 1.71 bits per heavy atom. The van der Waals surface area contributed by atoms with E-state index >= 15 is 0 Å². The van der Waals surface area contributed by atoms with Gasteiger partial charge < -0.3 is 5.32 Å². The maximum absolute atomic E-state index is 12.3. The van der Waals surface area contributed by atoms with Crippen molar-refractivity contribution in [3.8, 4) is 0 Å². The second kappa shape index (κ2) is 8.01. The SMILES string of the molecule is CC(C)Cc1ccc(S(=O)(=O)NC(=O)NC2CCC(C)CC2)cc1. The third kappa shape index (κ3) is 5.51. The van der Waals surface area contributed by atoms with Gasteiger partial charge in [0.15, 0.2) is 0 Å². The van der Waals surface area contributed by atoms with Crippen LogP contribution in [0.25, 0.3) is 0 Å². The van der Waals surface area contributed by atoms with Crippen LogP contribution >= 0.6 is 0 Å². The zero-order valence-electron chi connectivity index (χ0n) is 14.7. The normalized spacial score (nSPS) is 21.5. The Kier molecular flexibility index (Phi) is 6.27. The molecular formula is C18H28N2O3S. The molecule has 0 bridgehead atoms. The van der Waals surface area contributed by atoms with Gasteiger partial charge in [-0.15, -0.1) is 0 Å². The summed E-state index contributed by atoms with van der Waals surface area (Å²) in [5.41, 5.74) is 1.09. The van der Waals surface area contributed by atoms with E-state index in [9.17, 15) is 13.2 Å². The number of hydrogen-bond donors (Lipinski definition) is 2. The summed E-state index contributed by atoms with van der Waals surface area (Å²) in [7, 11) is -3.83. The third-order valence-electron chi connectivity index (χ3n) is 4.46. The van der Waals surface area contributed by atoms with Crippen LogP contribution in [0.4, 0.5) is 4.79 Å². The molecule has 2 amide bonds. The van der Waals surface area contributed by atoms with E-state index in [0.717, 1.165) is 37.7 Å². The molecule has 1 aliphatic rings. The van der Waals surface area contributed by atoms with Gasteiger partial charge in [-0.3, -0.25) is 0 Å². The van der Waals surface area contributed by atoms with Crippen molar-refractivity contribution in [2.45, 2.75) is 63.8 Å². The second-order valence-corrected chi connectivity index (χ2v) is 8.96. The van der Waals surface area contributed by atoms with Crippen LogP contribution in [-0.2, 0) is 16.4 Å². The Morgan fingerprint density at radius 1 is 1.12 bits per heavy atom. The number of carbonyl (C=O) groups excluding carboxylic acids is 1. The average Bonchev–Trinajstić information content (AvgIpc) is 2.49. The predicted octanol–water partition coefficient (Wildman–Crippen LogP) is 3.45. The standard InChI is InChI=1S/C18H28N2O3S/c1-13(2)12-15-6-10-17(11-7-15)24(22,23)20-18(21)19-16-8-4-14(3)5-9-16/h6-7,10-11,13-14,16H,4-5,8-9,12H2,1-3H3,(H2,19,20,21). The van der Waals surface area contributed by atoms with E-state index in [2.05, 4.69) is 30.8 Å². The molecule has 1 aromatic rings. The Bertz CT molecular complexity index is 645. The first-order chi connectivity index (χ1) is 11.3. The number of urea groups is 1. The molecule has 134 valence electrons. The van der Waals surface area contributed by atoms with Gasteiger partial charge in [0.1, 0.15) is 0 Å². The van der Waals surface area contributed by atoms with Gasteiger partial charge in [0.2, 0.25) is 0 Å². The maximum Gasteiger partial charge on any atom is 0.328 e. The van der Waals surface area contributed by atoms with Gasteiger partial charge in [0.05, 0.1) is 4.90 Å². The monoisotopic (exact) mass is 352 g/mol. The predicted molar refractivity (Wildman–Crippen MR) is 95.3 cm³/mol. The number of carbonyl (C=O) groups is 1. The lowest BCUT2D eigenvalue weighted by molar-refractivity contribution is 0.233. The summed E-state index contributed by atoms with van der Waals surface area (Å²) in [4.78, 5) is 12.1. The molecule has 0 aliphatic heterocycles. The van der Waals surface area contributed by atoms with Crippen molar-refractivity contribution in [2.24, 2.45) is 11.8 Å². The van der Waals surface area contributed by atoms with Crippen molar-refractivity contribution < 1.29 is 13.2 Å². The molecular weight excluding hydrogens is 324 g/mol. The van der Waals surface area contributed by atoms with E-state index in [-0.39, 0.29) is 10.9 Å². The van der Waals surface area contributed by atoms with Crippen LogP contribution in [-0.4, -0.2) is 20.5 Å². The first-order valence-electron chi connectivity index (χ1n) is 8.68. The van der Waals surface area contributed by atoms with Crippen molar-refractivity contribution in [3.63, 3.8) is 0 Å². The minimum atomic E-state index is -3.83. The third-order valence-corrected chi connectivity index (χ3v) is 5.80. The zero-order valence-corrected chi connectivity index (χ0v) is 15.5. The largest absolute Gasteiger partial charge is 0.335 e. The van der Waals surface area contributed by atoms with Crippen molar-refractivity contribution in [2.75, 3.05) is 0 Å². The summed E-state index contributed by atoms with van der Waals surface area (Å²) in [6, 6.07) is 6.13. The highest BCUT2D eigenvalue weighted by molar-refractivity contribution is 7.90. The fourth-order valence-corrected chi connectivity index (χ4v) is 3.99. The Labute approximate surface area is 145 Å². The summed E-state index contributed by atoms with van der Waals surface area (Å²) in [6.07, 6.45) is 4.83. The molecule has 0 radical (unpaired) electrons. The number of nitrogens with one attached hydrogen (secondary N) is 2. The van der Waals surface area contributed by atoms with Crippen LogP contribution in [0.1, 0.15) is 52.0 Å². The molecule has 5 nitrogen and oxygen atoms in total. The van der Waals surface area contributed by atoms with Crippen LogP contribution in [0, 0.1) is 11.8 Å². The molecule has 24 heavy (non-hydrogen) atoms. The van der Waals surface area contributed by atoms with Crippen LogP contribution in [0.15, 0.2) is 29.2 Å². The topological polar surface area (TPSA) is 75.3 Å². The van der Waals surface area contributed by atoms with Gasteiger partial charge in [-0.05, 0) is 61.6 Å². The molecule has 0 atom stereocenters. The van der Waals surface area contributed by atoms with Gasteiger partial charge in [-0.2, -0.15) is 0 Å². The minimum Gasteiger partial charge on any atom is -0.335 e. The van der Waals surface area contributed by atoms with Crippen LogP contribution < -0.4 is 10.0 Å². The summed E-state index contributed by atoms with van der Waals surface area (Å²) in [5, 5.41) is 2.77. The highest BCUT2D eigenvalue weighted by Crippen LogP contribution is 2.23. The molecule has 0 aromatic heterocycles. The number of sulfonamides is 1. The van der Waals surface area contributed by atoms with Gasteiger partial charge in [-0.1, -0.05) is 32.9 Å². The Balaban J connectivity index is 1.93. The van der Waals surface area contributed by atoms with Gasteiger partial charge >= 0.3 is 6.03 Å². The van der Waals surface area contributed by atoms with Gasteiger partial charge in [-0.25, -0.2) is 17.9 Å². The minimum absolute atomic E-state index is 0.0600. The summed E-state index contributed by atoms with van der Waals surface area (Å²) >= 11 is 0.